The summed E-state index contributed by atoms with van der Waals surface area (Å²) in [4.78, 5) is 95.2. The summed E-state index contributed by atoms with van der Waals surface area (Å²) in [6.07, 6.45) is -7.63. The zero-order chi connectivity index (χ0) is 50.4. The van der Waals surface area contributed by atoms with Crippen LogP contribution < -0.4 is 37.6 Å². The van der Waals surface area contributed by atoms with Gasteiger partial charge in [0.2, 0.25) is 41.4 Å². The average molecular weight is 965 g/mol. The van der Waals surface area contributed by atoms with Gasteiger partial charge in [0.15, 0.2) is 0 Å². The second kappa shape index (κ2) is 25.0. The molecule has 23 heteroatoms. The minimum atomic E-state index is -1.76. The first-order valence-corrected chi connectivity index (χ1v) is 22.2. The first-order valence-electron chi connectivity index (χ1n) is 22.2. The first kappa shape index (κ1) is 53.2. The number of rotatable bonds is 22. The lowest BCUT2D eigenvalue weighted by Gasteiger charge is -2.41. The van der Waals surface area contributed by atoms with E-state index in [4.69, 9.17) is 10.5 Å². The first-order chi connectivity index (χ1) is 32.9. The van der Waals surface area contributed by atoms with E-state index in [0.29, 0.717) is 23.1 Å². The molecular formula is C46H60N8O15. The number of primary amides is 1. The van der Waals surface area contributed by atoms with Crippen LogP contribution in [-0.4, -0.2) is 175 Å². The highest BCUT2D eigenvalue weighted by molar-refractivity contribution is 5.96. The molecule has 7 amide bonds. The molecule has 2 aliphatic heterocycles. The van der Waals surface area contributed by atoms with Gasteiger partial charge in [-0.3, -0.25) is 38.9 Å². The maximum absolute atomic E-state index is 14.1. The van der Waals surface area contributed by atoms with E-state index in [1.165, 1.54) is 60.4 Å². The molecule has 2 saturated heterocycles. The van der Waals surface area contributed by atoms with E-state index in [1.807, 2.05) is 0 Å². The van der Waals surface area contributed by atoms with Gasteiger partial charge >= 0.3 is 0 Å². The Bertz CT molecular complexity index is 2240. The van der Waals surface area contributed by atoms with Crippen LogP contribution in [0, 0.1) is 0 Å². The number of amides is 7. The second-order valence-corrected chi connectivity index (χ2v) is 16.9. The van der Waals surface area contributed by atoms with Crippen molar-refractivity contribution < 1.29 is 74.0 Å². The average Bonchev–Trinajstić information content (AvgIpc) is 3.83. The van der Waals surface area contributed by atoms with E-state index in [9.17, 15) is 69.3 Å². The molecule has 0 aliphatic carbocycles. The van der Waals surface area contributed by atoms with Crippen molar-refractivity contribution in [3.8, 4) is 11.5 Å². The molecule has 2 heterocycles. The molecule has 0 saturated carbocycles. The highest BCUT2D eigenvalue weighted by atomic mass is 16.6. The number of aliphatic hydroxyl groups is 5. The quantitative estimate of drug-likeness (QED) is 0.0451. The third-order valence-corrected chi connectivity index (χ3v) is 11.7. The molecule has 0 spiro atoms. The summed E-state index contributed by atoms with van der Waals surface area (Å²) in [6.45, 7) is -0.726. The number of nitrogens with one attached hydrogen (secondary N) is 6. The number of phenolic OH excluding ortho intramolecular Hbond substituents is 2. The minimum absolute atomic E-state index is 0.0508. The van der Waals surface area contributed by atoms with E-state index in [0.717, 1.165) is 0 Å². The van der Waals surface area contributed by atoms with Crippen molar-refractivity contribution in [2.24, 2.45) is 5.73 Å². The van der Waals surface area contributed by atoms with Gasteiger partial charge in [-0.1, -0.05) is 54.6 Å². The SMILES string of the molecule is C[C@@H](NC(=O)[C@H](Cc1ccc(O)cc1)N[C@@H]1O[C@H](CO)[C@@H](O)[C@H](O)[C@H]1O)C(=O)N[C@@H](Cc1ccccc1)C(=O)NCC(=O)N[C@@H](Cc1ccc(O)cc1)C(=O)N1CCC[C@H]1C(=O)N[C@@H](CO)C(N)=O. The van der Waals surface area contributed by atoms with Crippen molar-refractivity contribution in [2.75, 3.05) is 26.3 Å². The van der Waals surface area contributed by atoms with E-state index in [1.54, 1.807) is 30.3 Å². The lowest BCUT2D eigenvalue weighted by molar-refractivity contribution is -0.238. The molecule has 0 unspecified atom stereocenters. The van der Waals surface area contributed by atoms with Crippen molar-refractivity contribution in [3.05, 3.63) is 95.6 Å². The van der Waals surface area contributed by atoms with Gasteiger partial charge in [0.25, 0.3) is 0 Å². The topological polar surface area (TPSA) is 372 Å². The fourth-order valence-electron chi connectivity index (χ4n) is 7.85. The number of nitrogens with zero attached hydrogens (tertiary/aromatic N) is 1. The fraction of sp³-hybridized carbons (Fsp3) is 0.457. The number of ether oxygens (including phenoxy) is 1. The third kappa shape index (κ3) is 14.9. The van der Waals surface area contributed by atoms with Gasteiger partial charge in [-0.05, 0) is 67.1 Å². The summed E-state index contributed by atoms with van der Waals surface area (Å²) in [5, 5.41) is 85.6. The number of hydrogen-bond donors (Lipinski definition) is 14. The molecule has 0 radical (unpaired) electrons. The number of likely N-dealkylation sites (tertiary alicyclic amines) is 1. The highest BCUT2D eigenvalue weighted by Crippen LogP contribution is 2.23. The number of benzene rings is 3. The molecule has 0 bridgehead atoms. The number of carbonyl (C=O) groups is 7. The zero-order valence-electron chi connectivity index (χ0n) is 37.6. The highest BCUT2D eigenvalue weighted by Gasteiger charge is 2.45. The van der Waals surface area contributed by atoms with Crippen LogP contribution in [0.25, 0.3) is 0 Å². The minimum Gasteiger partial charge on any atom is -0.508 e. The number of hydrogen-bond acceptors (Lipinski definition) is 16. The standard InChI is InChI=1S/C46H60N8O15/c1-24(49-43(66)31(19-26-9-13-28(57)14-10-26)53-45-39(62)38(61)37(60)35(23-56)69-45)41(64)51-30(18-25-6-3-2-4-7-25)42(65)48-21-36(59)50-32(20-27-11-15-29(58)16-12-27)46(68)54-17-5-8-34(54)44(67)52-33(22-55)40(47)63/h2-4,6-7,9-16,24,30-35,37-39,45,53,55-58,60-62H,5,8,17-23H2,1H3,(H2,47,63)(H,48,65)(H,49,66)(H,50,59)(H,51,64)(H,52,67)/t24-,30+,31+,32+,33+,34+,35-,37-,38+,39-,45-/m1/s1. The summed E-state index contributed by atoms with van der Waals surface area (Å²) in [5.41, 5.74) is 6.92. The fourth-order valence-corrected chi connectivity index (χ4v) is 7.85. The largest absolute Gasteiger partial charge is 0.508 e. The predicted molar refractivity (Wildman–Crippen MR) is 242 cm³/mol. The molecule has 11 atom stereocenters. The molecule has 0 aromatic heterocycles. The van der Waals surface area contributed by atoms with Gasteiger partial charge in [0, 0.05) is 19.4 Å². The molecule has 3 aromatic carbocycles. The van der Waals surface area contributed by atoms with Crippen molar-refractivity contribution in [1.82, 2.24) is 36.8 Å². The van der Waals surface area contributed by atoms with Crippen molar-refractivity contribution in [3.63, 3.8) is 0 Å². The van der Waals surface area contributed by atoms with Crippen LogP contribution in [0.5, 0.6) is 11.5 Å². The molecular weight excluding hydrogens is 905 g/mol. The number of carbonyl (C=O) groups excluding carboxylic acids is 7. The summed E-state index contributed by atoms with van der Waals surface area (Å²) < 4.78 is 5.56. The molecule has 23 nitrogen and oxygen atoms in total. The van der Waals surface area contributed by atoms with E-state index in [-0.39, 0.29) is 43.7 Å². The number of aromatic hydroxyl groups is 2. The van der Waals surface area contributed by atoms with Crippen LogP contribution in [0.4, 0.5) is 0 Å². The Morgan fingerprint density at radius 2 is 1.26 bits per heavy atom. The second-order valence-electron chi connectivity index (χ2n) is 16.9. The Balaban J connectivity index is 1.28. The smallest absolute Gasteiger partial charge is 0.246 e. The lowest BCUT2D eigenvalue weighted by atomic mass is 9.97. The van der Waals surface area contributed by atoms with E-state index in [2.05, 4.69) is 31.9 Å². The van der Waals surface area contributed by atoms with Crippen LogP contribution in [0.15, 0.2) is 78.9 Å². The molecule has 15 N–H and O–H groups in total. The van der Waals surface area contributed by atoms with E-state index >= 15 is 0 Å². The molecule has 69 heavy (non-hydrogen) atoms. The van der Waals surface area contributed by atoms with Crippen molar-refractivity contribution >= 4 is 41.4 Å². The molecule has 2 fully saturated rings. The zero-order valence-corrected chi connectivity index (χ0v) is 37.6. The summed E-state index contributed by atoms with van der Waals surface area (Å²) in [6, 6.07) is 12.5. The number of phenols is 2. The Kier molecular flexibility index (Phi) is 19.3. The van der Waals surface area contributed by atoms with Gasteiger partial charge in [-0.25, -0.2) is 0 Å². The molecule has 3 aromatic rings. The van der Waals surface area contributed by atoms with Crippen LogP contribution in [0.1, 0.15) is 36.5 Å². The Morgan fingerprint density at radius 3 is 1.84 bits per heavy atom. The molecule has 5 rings (SSSR count). The van der Waals surface area contributed by atoms with Crippen LogP contribution >= 0.6 is 0 Å². The Morgan fingerprint density at radius 1 is 0.681 bits per heavy atom. The normalized spacial score (nSPS) is 22.2. The molecule has 374 valence electrons. The van der Waals surface area contributed by atoms with E-state index < -0.39 is 128 Å². The van der Waals surface area contributed by atoms with Crippen LogP contribution in [-0.2, 0) is 57.6 Å². The third-order valence-electron chi connectivity index (χ3n) is 11.7. The number of aliphatic hydroxyl groups excluding tert-OH is 5. The summed E-state index contributed by atoms with van der Waals surface area (Å²) in [5.74, 6) is -5.77. The van der Waals surface area contributed by atoms with Crippen molar-refractivity contribution in [1.29, 1.82) is 0 Å². The van der Waals surface area contributed by atoms with Gasteiger partial charge < -0.3 is 77.7 Å². The predicted octanol–water partition coefficient (Wildman–Crippen LogP) is -4.57. The van der Waals surface area contributed by atoms with Crippen LogP contribution in [0.3, 0.4) is 0 Å². The van der Waals surface area contributed by atoms with Gasteiger partial charge in [-0.15, -0.1) is 0 Å². The van der Waals surface area contributed by atoms with Gasteiger partial charge in [0.1, 0.15) is 72.4 Å². The van der Waals surface area contributed by atoms with Crippen LogP contribution in [0.2, 0.25) is 0 Å². The maximum atomic E-state index is 14.1. The monoisotopic (exact) mass is 964 g/mol. The number of nitrogens with two attached hydrogens (primary N) is 1. The summed E-state index contributed by atoms with van der Waals surface area (Å²) >= 11 is 0. The maximum Gasteiger partial charge on any atom is 0.246 e. The Hall–Kier alpha value is -6.73. The van der Waals surface area contributed by atoms with Crippen molar-refractivity contribution in [2.45, 2.75) is 106 Å². The Labute approximate surface area is 396 Å². The lowest BCUT2D eigenvalue weighted by Crippen LogP contribution is -2.65. The van der Waals surface area contributed by atoms with Gasteiger partial charge in [0.05, 0.1) is 25.8 Å². The van der Waals surface area contributed by atoms with Gasteiger partial charge in [-0.2, -0.15) is 0 Å². The molecule has 2 aliphatic rings. The summed E-state index contributed by atoms with van der Waals surface area (Å²) in [7, 11) is 0.